The van der Waals surface area contributed by atoms with Gasteiger partial charge in [0.25, 0.3) is 5.91 Å². The number of ether oxygens (including phenoxy) is 2. The third-order valence-corrected chi connectivity index (χ3v) is 4.77. The van der Waals surface area contributed by atoms with E-state index in [1.165, 1.54) is 4.68 Å². The van der Waals surface area contributed by atoms with Gasteiger partial charge in [0, 0.05) is 6.54 Å². The van der Waals surface area contributed by atoms with Crippen LogP contribution in [-0.2, 0) is 13.1 Å². The molecule has 0 spiro atoms. The number of aromatic nitrogens is 3. The molecule has 0 unspecified atom stereocenters. The molecule has 1 heterocycles. The van der Waals surface area contributed by atoms with Crippen LogP contribution in [0.3, 0.4) is 0 Å². The van der Waals surface area contributed by atoms with Crippen LogP contribution >= 0.6 is 15.9 Å². The summed E-state index contributed by atoms with van der Waals surface area (Å²) < 4.78 is 12.6. The summed E-state index contributed by atoms with van der Waals surface area (Å²) in [6, 6.07) is 13.1. The topological polar surface area (TPSA) is 104 Å². The van der Waals surface area contributed by atoms with E-state index in [1.807, 2.05) is 42.5 Å². The zero-order valence-electron chi connectivity index (χ0n) is 15.5. The van der Waals surface area contributed by atoms with E-state index in [9.17, 15) is 4.79 Å². The van der Waals surface area contributed by atoms with Crippen LogP contribution in [0.1, 0.15) is 21.6 Å². The second kappa shape index (κ2) is 8.75. The van der Waals surface area contributed by atoms with Crippen molar-refractivity contribution in [2.24, 2.45) is 0 Å². The normalized spacial score (nSPS) is 10.5. The number of nitrogens with one attached hydrogen (secondary N) is 1. The minimum Gasteiger partial charge on any atom is -0.497 e. The zero-order chi connectivity index (χ0) is 20.1. The van der Waals surface area contributed by atoms with Crippen molar-refractivity contribution in [2.75, 3.05) is 20.0 Å². The summed E-state index contributed by atoms with van der Waals surface area (Å²) in [4.78, 5) is 12.4. The highest BCUT2D eigenvalue weighted by Crippen LogP contribution is 2.26. The largest absolute Gasteiger partial charge is 0.497 e. The first kappa shape index (κ1) is 19.7. The molecule has 3 rings (SSSR count). The highest BCUT2D eigenvalue weighted by atomic mass is 79.9. The van der Waals surface area contributed by atoms with Crippen molar-refractivity contribution in [2.45, 2.75) is 13.1 Å². The average molecular weight is 446 g/mol. The molecule has 0 fully saturated rings. The predicted octanol–water partition coefficient (Wildman–Crippen LogP) is 2.62. The van der Waals surface area contributed by atoms with Crippen LogP contribution in [0.25, 0.3) is 0 Å². The van der Waals surface area contributed by atoms with Crippen molar-refractivity contribution in [3.63, 3.8) is 0 Å². The highest BCUT2D eigenvalue weighted by Gasteiger charge is 2.17. The molecule has 0 saturated carbocycles. The summed E-state index contributed by atoms with van der Waals surface area (Å²) in [6.45, 7) is 0.730. The lowest BCUT2D eigenvalue weighted by Gasteiger charge is -2.08. The summed E-state index contributed by atoms with van der Waals surface area (Å²) in [5.74, 6) is 1.32. The molecule has 2 aromatic carbocycles. The molecule has 0 aliphatic heterocycles. The van der Waals surface area contributed by atoms with Crippen LogP contribution in [0.2, 0.25) is 0 Å². The van der Waals surface area contributed by atoms with E-state index < -0.39 is 0 Å². The molecule has 28 heavy (non-hydrogen) atoms. The Balaban J connectivity index is 1.66. The molecule has 8 nitrogen and oxygen atoms in total. The lowest BCUT2D eigenvalue weighted by Crippen LogP contribution is -2.24. The predicted molar refractivity (Wildman–Crippen MR) is 108 cm³/mol. The number of hydrogen-bond acceptors (Lipinski definition) is 6. The van der Waals surface area contributed by atoms with Crippen LogP contribution in [0.15, 0.2) is 46.9 Å². The first-order valence-corrected chi connectivity index (χ1v) is 9.23. The van der Waals surface area contributed by atoms with Crippen LogP contribution in [0, 0.1) is 0 Å². The molecule has 0 aliphatic rings. The molecular weight excluding hydrogens is 426 g/mol. The number of methoxy groups -OCH3 is 2. The van der Waals surface area contributed by atoms with Gasteiger partial charge in [0.15, 0.2) is 11.5 Å². The third kappa shape index (κ3) is 4.42. The van der Waals surface area contributed by atoms with Crippen LogP contribution in [-0.4, -0.2) is 35.1 Å². The maximum Gasteiger partial charge on any atom is 0.275 e. The first-order valence-electron chi connectivity index (χ1n) is 8.44. The molecule has 1 aromatic heterocycles. The number of nitrogen functional groups attached to an aromatic ring is 1. The lowest BCUT2D eigenvalue weighted by atomic mass is 10.2. The lowest BCUT2D eigenvalue weighted by molar-refractivity contribution is 0.0946. The number of carbonyl (C=O) groups excluding carboxylic acids is 1. The molecule has 0 bridgehead atoms. The summed E-state index contributed by atoms with van der Waals surface area (Å²) in [6.07, 6.45) is 0. The second-order valence-electron chi connectivity index (χ2n) is 5.98. The number of benzene rings is 2. The highest BCUT2D eigenvalue weighted by molar-refractivity contribution is 9.10. The van der Waals surface area contributed by atoms with Gasteiger partial charge in [-0.2, -0.15) is 0 Å². The Morgan fingerprint density at radius 2 is 1.86 bits per heavy atom. The first-order chi connectivity index (χ1) is 13.5. The van der Waals surface area contributed by atoms with Crippen molar-refractivity contribution in [1.29, 1.82) is 0 Å². The molecule has 0 atom stereocenters. The van der Waals surface area contributed by atoms with Gasteiger partial charge in [-0.1, -0.05) is 23.4 Å². The molecule has 1 amide bonds. The number of hydrogen-bond donors (Lipinski definition) is 2. The van der Waals surface area contributed by atoms with Gasteiger partial charge in [0.05, 0.1) is 25.2 Å². The Hall–Kier alpha value is -3.07. The van der Waals surface area contributed by atoms with Gasteiger partial charge in [-0.15, -0.1) is 5.10 Å². The van der Waals surface area contributed by atoms with Crippen molar-refractivity contribution < 1.29 is 14.3 Å². The summed E-state index contributed by atoms with van der Waals surface area (Å²) >= 11 is 3.45. The van der Waals surface area contributed by atoms with Gasteiger partial charge in [-0.05, 0) is 51.3 Å². The molecular formula is C19H20BrN5O3. The van der Waals surface area contributed by atoms with Crippen molar-refractivity contribution >= 4 is 27.7 Å². The Kier molecular flexibility index (Phi) is 6.15. The number of carbonyl (C=O) groups is 1. The smallest absolute Gasteiger partial charge is 0.275 e. The summed E-state index contributed by atoms with van der Waals surface area (Å²) in [7, 11) is 3.21. The minimum atomic E-state index is -0.379. The number of halogens is 1. The Bertz CT molecular complexity index is 972. The van der Waals surface area contributed by atoms with Gasteiger partial charge >= 0.3 is 0 Å². The van der Waals surface area contributed by atoms with Crippen LogP contribution in [0.5, 0.6) is 11.5 Å². The monoisotopic (exact) mass is 445 g/mol. The van der Waals surface area contributed by atoms with E-state index in [0.717, 1.165) is 27.1 Å². The van der Waals surface area contributed by atoms with E-state index in [-0.39, 0.29) is 17.4 Å². The van der Waals surface area contributed by atoms with E-state index in [4.69, 9.17) is 15.2 Å². The molecule has 3 aromatic rings. The number of anilines is 1. The van der Waals surface area contributed by atoms with E-state index in [1.54, 1.807) is 14.2 Å². The van der Waals surface area contributed by atoms with Gasteiger partial charge in [0.2, 0.25) is 0 Å². The maximum absolute atomic E-state index is 12.4. The number of amides is 1. The standard InChI is InChI=1S/C19H20BrN5O3/c1-27-14-6-3-12(4-7-14)10-22-19(26)17-18(21)25(24-23-17)11-13-5-8-16(28-2)15(20)9-13/h3-9H,10-11,21H2,1-2H3,(H,22,26). The van der Waals surface area contributed by atoms with Crippen LogP contribution < -0.4 is 20.5 Å². The fourth-order valence-corrected chi connectivity index (χ4v) is 3.18. The quantitative estimate of drug-likeness (QED) is 0.578. The third-order valence-electron chi connectivity index (χ3n) is 4.15. The molecule has 0 aliphatic carbocycles. The van der Waals surface area contributed by atoms with E-state index in [2.05, 4.69) is 31.6 Å². The molecule has 0 saturated heterocycles. The second-order valence-corrected chi connectivity index (χ2v) is 6.83. The summed E-state index contributed by atoms with van der Waals surface area (Å²) in [5, 5.41) is 10.7. The minimum absolute atomic E-state index is 0.0982. The number of nitrogens with zero attached hydrogens (tertiary/aromatic N) is 3. The van der Waals surface area contributed by atoms with Gasteiger partial charge in [0.1, 0.15) is 11.5 Å². The number of nitrogens with two attached hydrogens (primary N) is 1. The Morgan fingerprint density at radius 1 is 1.14 bits per heavy atom. The number of rotatable bonds is 7. The van der Waals surface area contributed by atoms with Crippen molar-refractivity contribution in [3.8, 4) is 11.5 Å². The fraction of sp³-hybridized carbons (Fsp3) is 0.211. The van der Waals surface area contributed by atoms with E-state index in [0.29, 0.717) is 13.1 Å². The SMILES string of the molecule is COc1ccc(CNC(=O)c2nnn(Cc3ccc(OC)c(Br)c3)c2N)cc1. The average Bonchev–Trinajstić information content (AvgIpc) is 3.07. The molecule has 0 radical (unpaired) electrons. The molecule has 146 valence electrons. The summed E-state index contributed by atoms with van der Waals surface area (Å²) in [5.41, 5.74) is 8.05. The fourth-order valence-electron chi connectivity index (χ4n) is 2.59. The maximum atomic E-state index is 12.4. The van der Waals surface area contributed by atoms with Gasteiger partial charge in [-0.3, -0.25) is 4.79 Å². The molecule has 3 N–H and O–H groups in total. The van der Waals surface area contributed by atoms with Crippen molar-refractivity contribution in [1.82, 2.24) is 20.3 Å². The molecule has 9 heteroatoms. The Labute approximate surface area is 170 Å². The Morgan fingerprint density at radius 3 is 2.50 bits per heavy atom. The van der Waals surface area contributed by atoms with Crippen LogP contribution in [0.4, 0.5) is 5.82 Å². The van der Waals surface area contributed by atoms with E-state index >= 15 is 0 Å². The zero-order valence-corrected chi connectivity index (χ0v) is 17.1. The van der Waals surface area contributed by atoms with Gasteiger partial charge in [-0.25, -0.2) is 4.68 Å². The van der Waals surface area contributed by atoms with Gasteiger partial charge < -0.3 is 20.5 Å². The van der Waals surface area contributed by atoms with Crippen molar-refractivity contribution in [3.05, 3.63) is 63.8 Å².